The van der Waals surface area contributed by atoms with E-state index in [1.165, 1.54) is 19.3 Å². The van der Waals surface area contributed by atoms with E-state index in [0.29, 0.717) is 17.5 Å². The van der Waals surface area contributed by atoms with Crippen molar-refractivity contribution >= 4 is 28.5 Å². The van der Waals surface area contributed by atoms with Gasteiger partial charge in [-0.15, -0.1) is 5.10 Å². The van der Waals surface area contributed by atoms with Gasteiger partial charge in [0.15, 0.2) is 11.3 Å². The van der Waals surface area contributed by atoms with Gasteiger partial charge < -0.3 is 4.74 Å². The van der Waals surface area contributed by atoms with Crippen LogP contribution in [0.25, 0.3) is 5.70 Å². The number of carbonyl (C=O) groups is 1. The molecule has 1 atom stereocenters. The maximum absolute atomic E-state index is 13.3. The number of nitrogens with zero attached hydrogens (tertiary/aromatic N) is 3. The van der Waals surface area contributed by atoms with E-state index in [9.17, 15) is 4.79 Å². The standard InChI is InChI=1S/C27H34N4O2S/c1-3-5-7-12-18-33-23-17-11-9-15-21(23)25-28-22-16-10-8-14-20(22)24-26(32)29-27(30-31(24)25)34-19-13-6-4-2/h8-11,14-17,25H,3-7,12-13,18-19H2,1-2H3,(H,29,30,32)/t25-/m0/s1. The smallest absolute Gasteiger partial charge is 0.276 e. The Morgan fingerprint density at radius 1 is 0.971 bits per heavy atom. The van der Waals surface area contributed by atoms with Crippen LogP contribution in [0.2, 0.25) is 0 Å². The third kappa shape index (κ3) is 5.63. The number of thioether (sulfide) groups is 1. The summed E-state index contributed by atoms with van der Waals surface area (Å²) in [6.45, 7) is 5.06. The lowest BCUT2D eigenvalue weighted by Gasteiger charge is -2.34. The van der Waals surface area contributed by atoms with Crippen LogP contribution < -0.4 is 20.6 Å². The fourth-order valence-electron chi connectivity index (χ4n) is 4.15. The average Bonchev–Trinajstić information content (AvgIpc) is 2.86. The maximum atomic E-state index is 13.3. The largest absolute Gasteiger partial charge is 0.493 e. The molecule has 2 aromatic carbocycles. The summed E-state index contributed by atoms with van der Waals surface area (Å²) in [6, 6.07) is 15.7. The molecule has 6 nitrogen and oxygen atoms in total. The van der Waals surface area contributed by atoms with Crippen molar-refractivity contribution in [3.8, 4) is 5.75 Å². The van der Waals surface area contributed by atoms with Crippen LogP contribution in [-0.2, 0) is 4.79 Å². The molecular weight excluding hydrogens is 444 g/mol. The predicted octanol–water partition coefficient (Wildman–Crippen LogP) is 4.71. The second-order valence-electron chi connectivity index (χ2n) is 8.57. The normalized spacial score (nSPS) is 16.8. The molecule has 1 N–H and O–H groups in total. The topological polar surface area (TPSA) is 66.3 Å². The van der Waals surface area contributed by atoms with Crippen molar-refractivity contribution in [2.24, 2.45) is 10.1 Å². The van der Waals surface area contributed by atoms with Gasteiger partial charge in [0, 0.05) is 16.5 Å². The van der Waals surface area contributed by atoms with E-state index in [1.54, 1.807) is 16.8 Å². The molecule has 4 rings (SSSR count). The highest BCUT2D eigenvalue weighted by molar-refractivity contribution is 8.13. The van der Waals surface area contributed by atoms with E-state index < -0.39 is 6.17 Å². The van der Waals surface area contributed by atoms with E-state index in [4.69, 9.17) is 14.8 Å². The number of para-hydroxylation sites is 2. The number of unbranched alkanes of at least 4 members (excludes halogenated alkanes) is 5. The van der Waals surface area contributed by atoms with Gasteiger partial charge in [-0.25, -0.2) is 5.01 Å². The Kier molecular flexibility index (Phi) is 8.63. The third-order valence-corrected chi connectivity index (χ3v) is 6.90. The molecule has 0 radical (unpaired) electrons. The summed E-state index contributed by atoms with van der Waals surface area (Å²) in [5.41, 5.74) is 1.45. The number of amidine groups is 1. The molecule has 2 aliphatic heterocycles. The molecule has 0 unspecified atom stereocenters. The van der Waals surface area contributed by atoms with Crippen LogP contribution in [0.4, 0.5) is 0 Å². The SMILES string of the molecule is CCCCCCOc1ccccc1[C@H]1N=c2ccccc2=C2C(=O)NC(SCCCCC)=NN21. The highest BCUT2D eigenvalue weighted by Gasteiger charge is 2.35. The van der Waals surface area contributed by atoms with Crippen molar-refractivity contribution in [1.82, 2.24) is 10.3 Å². The van der Waals surface area contributed by atoms with Gasteiger partial charge in [-0.3, -0.25) is 15.1 Å². The lowest BCUT2D eigenvalue weighted by atomic mass is 10.1. The second kappa shape index (κ2) is 12.1. The number of nitrogens with one attached hydrogen (secondary N) is 1. The second-order valence-corrected chi connectivity index (χ2v) is 9.66. The first-order chi connectivity index (χ1) is 16.7. The number of hydrogen-bond donors (Lipinski definition) is 1. The van der Waals surface area contributed by atoms with Gasteiger partial charge in [0.1, 0.15) is 11.4 Å². The zero-order valence-corrected chi connectivity index (χ0v) is 20.9. The molecule has 0 fully saturated rings. The molecule has 180 valence electrons. The molecule has 0 saturated heterocycles. The fraction of sp³-hybridized carbons (Fsp3) is 0.444. The van der Waals surface area contributed by atoms with Crippen molar-refractivity contribution in [1.29, 1.82) is 0 Å². The molecule has 0 aliphatic carbocycles. The van der Waals surface area contributed by atoms with Crippen LogP contribution >= 0.6 is 11.8 Å². The van der Waals surface area contributed by atoms with E-state index in [2.05, 4.69) is 19.2 Å². The van der Waals surface area contributed by atoms with E-state index >= 15 is 0 Å². The number of fused-ring (bicyclic) bond motifs is 2. The lowest BCUT2D eigenvalue weighted by Crippen LogP contribution is -2.50. The van der Waals surface area contributed by atoms with Gasteiger partial charge >= 0.3 is 0 Å². The van der Waals surface area contributed by atoms with Crippen molar-refractivity contribution in [3.05, 3.63) is 64.7 Å². The molecule has 0 bridgehead atoms. The number of hydrazone groups is 1. The van der Waals surface area contributed by atoms with Crippen molar-refractivity contribution < 1.29 is 9.53 Å². The summed E-state index contributed by atoms with van der Waals surface area (Å²) in [5.74, 6) is 1.58. The third-order valence-electron chi connectivity index (χ3n) is 5.95. The van der Waals surface area contributed by atoms with Gasteiger partial charge in [-0.05, 0) is 25.0 Å². The van der Waals surface area contributed by atoms with E-state index in [0.717, 1.165) is 53.3 Å². The first-order valence-electron chi connectivity index (χ1n) is 12.4. The summed E-state index contributed by atoms with van der Waals surface area (Å²) in [5, 5.41) is 11.9. The average molecular weight is 479 g/mol. The molecule has 2 aromatic rings. The predicted molar refractivity (Wildman–Crippen MR) is 139 cm³/mol. The Morgan fingerprint density at radius 2 is 1.74 bits per heavy atom. The van der Waals surface area contributed by atoms with Gasteiger partial charge in [0.25, 0.3) is 5.91 Å². The Labute approximate surface area is 206 Å². The number of carbonyl (C=O) groups excluding carboxylic acids is 1. The zero-order chi connectivity index (χ0) is 23.8. The van der Waals surface area contributed by atoms with Crippen LogP contribution in [0.5, 0.6) is 5.75 Å². The molecule has 34 heavy (non-hydrogen) atoms. The quantitative estimate of drug-likeness (QED) is 0.475. The number of hydrogen-bond acceptors (Lipinski definition) is 6. The Bertz CT molecular complexity index is 1150. The summed E-state index contributed by atoms with van der Waals surface area (Å²) in [6.07, 6.45) is 7.56. The highest BCUT2D eigenvalue weighted by atomic mass is 32.2. The molecule has 0 saturated carbocycles. The van der Waals surface area contributed by atoms with Gasteiger partial charge in [0.2, 0.25) is 0 Å². The number of benzene rings is 2. The Balaban J connectivity index is 1.68. The van der Waals surface area contributed by atoms with Crippen molar-refractivity contribution in [3.63, 3.8) is 0 Å². The first kappa shape index (κ1) is 24.3. The monoisotopic (exact) mass is 478 g/mol. The molecule has 1 amide bonds. The zero-order valence-electron chi connectivity index (χ0n) is 20.1. The molecule has 2 heterocycles. The summed E-state index contributed by atoms with van der Waals surface area (Å²) in [4.78, 5) is 18.3. The van der Waals surface area contributed by atoms with E-state index in [-0.39, 0.29) is 5.91 Å². The maximum Gasteiger partial charge on any atom is 0.276 e. The van der Waals surface area contributed by atoms with Crippen molar-refractivity contribution in [2.45, 2.75) is 65.0 Å². The minimum atomic E-state index is -0.464. The van der Waals surface area contributed by atoms with Gasteiger partial charge in [-0.2, -0.15) is 0 Å². The Hall–Kier alpha value is -2.80. The fourth-order valence-corrected chi connectivity index (χ4v) is 5.00. The summed E-state index contributed by atoms with van der Waals surface area (Å²) >= 11 is 1.59. The van der Waals surface area contributed by atoms with Crippen LogP contribution in [-0.4, -0.2) is 28.4 Å². The van der Waals surface area contributed by atoms with Crippen molar-refractivity contribution in [2.75, 3.05) is 12.4 Å². The van der Waals surface area contributed by atoms with Crippen LogP contribution in [0.15, 0.2) is 58.6 Å². The minimum Gasteiger partial charge on any atom is -0.493 e. The van der Waals surface area contributed by atoms with Crippen LogP contribution in [0.1, 0.15) is 70.5 Å². The molecule has 7 heteroatoms. The number of ether oxygens (including phenoxy) is 1. The summed E-state index contributed by atoms with van der Waals surface area (Å²) < 4.78 is 6.20. The molecular formula is C27H34N4O2S. The Morgan fingerprint density at radius 3 is 2.59 bits per heavy atom. The molecule has 0 aromatic heterocycles. The van der Waals surface area contributed by atoms with Gasteiger partial charge in [0.05, 0.1) is 12.0 Å². The van der Waals surface area contributed by atoms with Gasteiger partial charge in [-0.1, -0.05) is 94.1 Å². The summed E-state index contributed by atoms with van der Waals surface area (Å²) in [7, 11) is 0. The van der Waals surface area contributed by atoms with Crippen LogP contribution in [0.3, 0.4) is 0 Å². The molecule has 0 spiro atoms. The number of rotatable bonds is 11. The lowest BCUT2D eigenvalue weighted by molar-refractivity contribution is -0.116. The van der Waals surface area contributed by atoms with E-state index in [1.807, 2.05) is 48.5 Å². The van der Waals surface area contributed by atoms with Crippen LogP contribution in [0, 0.1) is 0 Å². The highest BCUT2D eigenvalue weighted by Crippen LogP contribution is 2.35. The molecule has 2 aliphatic rings. The minimum absolute atomic E-state index is 0.140. The number of amides is 1. The first-order valence-corrected chi connectivity index (χ1v) is 13.4.